The maximum absolute atomic E-state index is 11.2. The number of carbonyl (C=O) groups is 1. The highest BCUT2D eigenvalue weighted by Gasteiger charge is 2.12. The van der Waals surface area contributed by atoms with Gasteiger partial charge in [-0.1, -0.05) is 18.2 Å². The Hall–Kier alpha value is -2.86. The molecule has 0 aliphatic carbocycles. The number of carbonyl (C=O) groups excluding carboxylic acids is 1. The topological polar surface area (TPSA) is 92.6 Å². The van der Waals surface area contributed by atoms with E-state index in [1.165, 1.54) is 6.92 Å². The number of aromatic nitrogens is 2. The van der Waals surface area contributed by atoms with Crippen molar-refractivity contribution >= 4 is 23.1 Å². The molecule has 0 bridgehead atoms. The first-order valence-electron chi connectivity index (χ1n) is 6.84. The zero-order valence-electron chi connectivity index (χ0n) is 12.1. The van der Waals surface area contributed by atoms with Gasteiger partial charge in [0.25, 0.3) is 0 Å². The van der Waals surface area contributed by atoms with Gasteiger partial charge in [0.15, 0.2) is 0 Å². The van der Waals surface area contributed by atoms with E-state index in [0.29, 0.717) is 22.8 Å². The molecular formula is C16H16N4O2. The fourth-order valence-corrected chi connectivity index (χ4v) is 2.36. The summed E-state index contributed by atoms with van der Waals surface area (Å²) in [6, 6.07) is 11.0. The third-order valence-electron chi connectivity index (χ3n) is 3.36. The molecule has 1 amide bonds. The van der Waals surface area contributed by atoms with Crippen LogP contribution in [0.1, 0.15) is 12.5 Å². The van der Waals surface area contributed by atoms with E-state index in [0.717, 1.165) is 11.1 Å². The molecular weight excluding hydrogens is 280 g/mol. The summed E-state index contributed by atoms with van der Waals surface area (Å²) in [6.07, 6.45) is 1.76. The first-order valence-corrected chi connectivity index (χ1v) is 6.84. The number of pyridine rings is 1. The third kappa shape index (κ3) is 2.51. The van der Waals surface area contributed by atoms with Crippen LogP contribution in [-0.4, -0.2) is 20.4 Å². The van der Waals surface area contributed by atoms with Gasteiger partial charge in [0.2, 0.25) is 5.91 Å². The van der Waals surface area contributed by atoms with Gasteiger partial charge >= 0.3 is 0 Å². The van der Waals surface area contributed by atoms with Gasteiger partial charge in [0, 0.05) is 24.4 Å². The third-order valence-corrected chi connectivity index (χ3v) is 3.36. The molecule has 2 heterocycles. The molecule has 22 heavy (non-hydrogen) atoms. The fraction of sp³-hybridized carbons (Fsp3) is 0.125. The standard InChI is InChI=1S/C16H16N4O2/c1-10(22)18-13-4-2-3-12(7-13)15-16(17)20-8-11(9-21)5-6-14(20)19-15/h2-8,21H,9,17H2,1H3,(H,18,22). The Kier molecular flexibility index (Phi) is 3.52. The lowest BCUT2D eigenvalue weighted by Crippen LogP contribution is -2.05. The molecule has 0 saturated heterocycles. The van der Waals surface area contributed by atoms with Crippen molar-refractivity contribution in [2.75, 3.05) is 11.1 Å². The van der Waals surface area contributed by atoms with E-state index in [9.17, 15) is 9.90 Å². The quantitative estimate of drug-likeness (QED) is 0.689. The average molecular weight is 296 g/mol. The largest absolute Gasteiger partial charge is 0.392 e. The second-order valence-corrected chi connectivity index (χ2v) is 5.03. The molecule has 0 aliphatic rings. The van der Waals surface area contributed by atoms with E-state index in [1.54, 1.807) is 22.7 Å². The number of nitrogen functional groups attached to an aromatic ring is 1. The molecule has 6 nitrogen and oxygen atoms in total. The van der Waals surface area contributed by atoms with E-state index in [2.05, 4.69) is 10.3 Å². The zero-order chi connectivity index (χ0) is 15.7. The van der Waals surface area contributed by atoms with Crippen LogP contribution in [0.15, 0.2) is 42.6 Å². The summed E-state index contributed by atoms with van der Waals surface area (Å²) in [7, 11) is 0. The lowest BCUT2D eigenvalue weighted by Gasteiger charge is -2.05. The highest BCUT2D eigenvalue weighted by Crippen LogP contribution is 2.28. The number of imidazole rings is 1. The van der Waals surface area contributed by atoms with Crippen molar-refractivity contribution in [3.63, 3.8) is 0 Å². The first-order chi connectivity index (χ1) is 10.6. The number of aliphatic hydroxyl groups excluding tert-OH is 1. The number of hydrogen-bond donors (Lipinski definition) is 3. The summed E-state index contributed by atoms with van der Waals surface area (Å²) in [4.78, 5) is 15.7. The van der Waals surface area contributed by atoms with Crippen molar-refractivity contribution in [1.29, 1.82) is 0 Å². The van der Waals surface area contributed by atoms with E-state index < -0.39 is 0 Å². The van der Waals surface area contributed by atoms with Crippen molar-refractivity contribution in [1.82, 2.24) is 9.38 Å². The Morgan fingerprint density at radius 3 is 2.91 bits per heavy atom. The monoisotopic (exact) mass is 296 g/mol. The number of hydrogen-bond acceptors (Lipinski definition) is 4. The summed E-state index contributed by atoms with van der Waals surface area (Å²) in [5.41, 5.74) is 9.79. The molecule has 3 aromatic rings. The van der Waals surface area contributed by atoms with Crippen LogP contribution in [-0.2, 0) is 11.4 Å². The number of rotatable bonds is 3. The molecule has 0 atom stereocenters. The number of nitrogens with zero attached hydrogens (tertiary/aromatic N) is 2. The van der Waals surface area contributed by atoms with Gasteiger partial charge in [-0.05, 0) is 23.8 Å². The number of benzene rings is 1. The van der Waals surface area contributed by atoms with Crippen LogP contribution >= 0.6 is 0 Å². The summed E-state index contributed by atoms with van der Waals surface area (Å²) in [5, 5.41) is 12.0. The number of anilines is 2. The molecule has 0 saturated carbocycles. The van der Waals surface area contributed by atoms with E-state index in [-0.39, 0.29) is 12.5 Å². The molecule has 0 fully saturated rings. The Morgan fingerprint density at radius 1 is 1.36 bits per heavy atom. The second-order valence-electron chi connectivity index (χ2n) is 5.03. The first kappa shape index (κ1) is 14.1. The molecule has 0 aliphatic heterocycles. The summed E-state index contributed by atoms with van der Waals surface area (Å²) in [6.45, 7) is 1.41. The predicted molar refractivity (Wildman–Crippen MR) is 85.3 cm³/mol. The van der Waals surface area contributed by atoms with E-state index >= 15 is 0 Å². The van der Waals surface area contributed by atoms with E-state index in [1.807, 2.05) is 24.3 Å². The molecule has 3 rings (SSSR count). The molecule has 0 spiro atoms. The van der Waals surface area contributed by atoms with Crippen molar-refractivity contribution in [2.24, 2.45) is 0 Å². The Balaban J connectivity index is 2.10. The lowest BCUT2D eigenvalue weighted by atomic mass is 10.1. The van der Waals surface area contributed by atoms with Crippen LogP contribution in [0.2, 0.25) is 0 Å². The minimum atomic E-state index is -0.132. The van der Waals surface area contributed by atoms with Crippen molar-refractivity contribution in [3.05, 3.63) is 48.2 Å². The van der Waals surface area contributed by atoms with Gasteiger partial charge in [-0.3, -0.25) is 9.20 Å². The Labute approximate surface area is 127 Å². The molecule has 0 radical (unpaired) electrons. The number of nitrogens with two attached hydrogens (primary N) is 1. The maximum Gasteiger partial charge on any atom is 0.221 e. The van der Waals surface area contributed by atoms with Gasteiger partial charge in [-0.15, -0.1) is 0 Å². The number of fused-ring (bicyclic) bond motifs is 1. The average Bonchev–Trinajstić information content (AvgIpc) is 2.83. The Morgan fingerprint density at radius 2 is 2.18 bits per heavy atom. The van der Waals surface area contributed by atoms with Crippen molar-refractivity contribution in [2.45, 2.75) is 13.5 Å². The maximum atomic E-state index is 11.2. The van der Waals surface area contributed by atoms with Gasteiger partial charge in [0.1, 0.15) is 17.2 Å². The van der Waals surface area contributed by atoms with Crippen LogP contribution in [0.25, 0.3) is 16.9 Å². The van der Waals surface area contributed by atoms with Gasteiger partial charge < -0.3 is 16.2 Å². The molecule has 4 N–H and O–H groups in total. The number of aliphatic hydroxyl groups is 1. The van der Waals surface area contributed by atoms with Crippen LogP contribution in [0.3, 0.4) is 0 Å². The molecule has 0 unspecified atom stereocenters. The van der Waals surface area contributed by atoms with Crippen LogP contribution in [0, 0.1) is 0 Å². The summed E-state index contributed by atoms with van der Waals surface area (Å²) >= 11 is 0. The Bertz CT molecular complexity index is 854. The fourth-order valence-electron chi connectivity index (χ4n) is 2.36. The smallest absolute Gasteiger partial charge is 0.221 e. The molecule has 112 valence electrons. The highest BCUT2D eigenvalue weighted by atomic mass is 16.3. The summed E-state index contributed by atoms with van der Waals surface area (Å²) in [5.74, 6) is 0.359. The van der Waals surface area contributed by atoms with Crippen LogP contribution in [0.4, 0.5) is 11.5 Å². The lowest BCUT2D eigenvalue weighted by molar-refractivity contribution is -0.114. The summed E-state index contributed by atoms with van der Waals surface area (Å²) < 4.78 is 1.74. The van der Waals surface area contributed by atoms with Crippen LogP contribution < -0.4 is 11.1 Å². The molecule has 6 heteroatoms. The molecule has 1 aromatic carbocycles. The van der Waals surface area contributed by atoms with Crippen molar-refractivity contribution in [3.8, 4) is 11.3 Å². The minimum Gasteiger partial charge on any atom is -0.392 e. The number of amides is 1. The number of nitrogens with one attached hydrogen (secondary N) is 1. The van der Waals surface area contributed by atoms with Gasteiger partial charge in [0.05, 0.1) is 6.61 Å². The predicted octanol–water partition coefficient (Wildman–Crippen LogP) is 2.03. The van der Waals surface area contributed by atoms with Crippen LogP contribution in [0.5, 0.6) is 0 Å². The normalized spacial score (nSPS) is 10.8. The highest BCUT2D eigenvalue weighted by molar-refractivity contribution is 5.90. The minimum absolute atomic E-state index is 0.0547. The van der Waals surface area contributed by atoms with Crippen molar-refractivity contribution < 1.29 is 9.90 Å². The van der Waals surface area contributed by atoms with E-state index in [4.69, 9.17) is 5.73 Å². The SMILES string of the molecule is CC(=O)Nc1cccc(-c2nc3ccc(CO)cn3c2N)c1. The second kappa shape index (κ2) is 5.50. The molecule has 2 aromatic heterocycles. The van der Waals surface area contributed by atoms with Gasteiger partial charge in [-0.2, -0.15) is 0 Å². The zero-order valence-corrected chi connectivity index (χ0v) is 12.1. The van der Waals surface area contributed by atoms with Gasteiger partial charge in [-0.25, -0.2) is 4.98 Å².